The highest BCUT2D eigenvalue weighted by Crippen LogP contribution is 2.77. The number of sulfone groups is 1. The molecule has 4 aliphatic carbocycles. The SMILES string of the molecule is CC1(C)CCC(CN2CCN(c3ccc(C(=O)NS(=O)(=O)c4ccc(N[C@H](CCN(CCO)CCCCCCC(N)=O)CSc5ccccc5)c(S(=O)(=O)C(F)(F)F)c4)cc3)CC2)=C(C23CC(C)(C2)C3)C1. The van der Waals surface area contributed by atoms with Crippen molar-refractivity contribution in [3.8, 4) is 0 Å². The number of nitrogens with zero attached hydrogens (tertiary/aromatic N) is 3. The minimum atomic E-state index is -6.12. The summed E-state index contributed by atoms with van der Waals surface area (Å²) >= 11 is 1.40. The van der Waals surface area contributed by atoms with E-state index in [1.807, 2.05) is 40.0 Å². The lowest BCUT2D eigenvalue weighted by atomic mass is 9.33. The summed E-state index contributed by atoms with van der Waals surface area (Å²) in [6.45, 7) is 12.7. The molecular formula is C52H71F3N6O7S3. The summed E-state index contributed by atoms with van der Waals surface area (Å²) < 4.78 is 98.6. The van der Waals surface area contributed by atoms with E-state index in [0.29, 0.717) is 67.0 Å². The lowest BCUT2D eigenvalue weighted by molar-refractivity contribution is -0.167. The highest BCUT2D eigenvalue weighted by Gasteiger charge is 2.67. The van der Waals surface area contributed by atoms with Crippen LogP contribution in [-0.2, 0) is 24.7 Å². The summed E-state index contributed by atoms with van der Waals surface area (Å²) in [5.74, 6) is -1.10. The number of nitrogens with two attached hydrogens (primary N) is 1. The van der Waals surface area contributed by atoms with Gasteiger partial charge in [0, 0.05) is 80.2 Å². The van der Waals surface area contributed by atoms with Gasteiger partial charge in [-0.25, -0.2) is 21.6 Å². The zero-order chi connectivity index (χ0) is 51.2. The van der Waals surface area contributed by atoms with Crippen molar-refractivity contribution in [1.82, 2.24) is 14.5 Å². The number of rotatable bonds is 25. The Bertz CT molecular complexity index is 2590. The van der Waals surface area contributed by atoms with Crippen molar-refractivity contribution in [3.63, 3.8) is 0 Å². The van der Waals surface area contributed by atoms with Crippen LogP contribution >= 0.6 is 11.8 Å². The van der Waals surface area contributed by atoms with E-state index < -0.39 is 52.8 Å². The van der Waals surface area contributed by atoms with Crippen molar-refractivity contribution in [2.75, 3.05) is 74.9 Å². The maximum absolute atomic E-state index is 14.3. The number of carbonyl (C=O) groups excluding carboxylic acids is 2. The number of aliphatic hydroxyl groups excluding tert-OH is 1. The number of sulfonamides is 1. The minimum Gasteiger partial charge on any atom is -0.395 e. The van der Waals surface area contributed by atoms with E-state index in [2.05, 4.69) is 35.9 Å². The molecule has 71 heavy (non-hydrogen) atoms. The Kier molecular flexibility index (Phi) is 17.3. The third kappa shape index (κ3) is 13.7. The normalized spacial score (nSPS) is 21.9. The number of nitrogens with one attached hydrogen (secondary N) is 2. The second kappa shape index (κ2) is 22.5. The Morgan fingerprint density at radius 2 is 1.55 bits per heavy atom. The number of allylic oxidation sites excluding steroid dienone is 1. The molecule has 0 unspecified atom stereocenters. The first-order chi connectivity index (χ1) is 33.5. The topological polar surface area (TPSA) is 182 Å². The predicted octanol–water partition coefficient (Wildman–Crippen LogP) is 8.61. The number of halogens is 3. The lowest BCUT2D eigenvalue weighted by Gasteiger charge is -2.72. The average molecular weight is 1050 g/mol. The van der Waals surface area contributed by atoms with Crippen LogP contribution in [0.1, 0.15) is 108 Å². The quantitative estimate of drug-likeness (QED) is 0.0361. The standard InChI is InChI=1S/C52H71F3N6O7S3/c1-49(2)22-20-39(44(32-49)51-35-50(3,36-51)37-51)33-60-25-27-61(28-26-60)41-16-14-38(15-17-41)48(64)58-71(67,68)43-18-19-45(46(31-43)70(65,66)52(53,54)55)57-40(34-69-42-11-7-6-8-12-42)21-24-59(29-30-62)23-10-5-4-9-13-47(56)63/h6-8,11-12,14-19,31,40,57,62H,4-5,9-10,13,20-30,32-37H2,1-3H3,(H2,56,63)(H,58,64)/t40-,50?,51?/m1/s1. The number of anilines is 2. The molecule has 2 amide bonds. The van der Waals surface area contributed by atoms with Crippen molar-refractivity contribution in [2.45, 2.75) is 124 Å². The summed E-state index contributed by atoms with van der Waals surface area (Å²) in [7, 11) is -11.0. The fourth-order valence-corrected chi connectivity index (χ4v) is 14.3. The van der Waals surface area contributed by atoms with Gasteiger partial charge in [-0.3, -0.25) is 14.5 Å². The van der Waals surface area contributed by atoms with Crippen molar-refractivity contribution in [3.05, 3.63) is 89.5 Å². The smallest absolute Gasteiger partial charge is 0.395 e. The highest BCUT2D eigenvalue weighted by molar-refractivity contribution is 7.99. The van der Waals surface area contributed by atoms with Gasteiger partial charge in [0.1, 0.15) is 4.90 Å². The number of unbranched alkanes of at least 4 members (excludes halogenated alkanes) is 3. The molecule has 390 valence electrons. The second-order valence-electron chi connectivity index (χ2n) is 21.3. The van der Waals surface area contributed by atoms with Gasteiger partial charge in [-0.05, 0) is 135 Å². The van der Waals surface area contributed by atoms with Crippen LogP contribution in [0, 0.1) is 16.2 Å². The molecule has 1 aliphatic heterocycles. The van der Waals surface area contributed by atoms with Crippen LogP contribution in [0.4, 0.5) is 24.5 Å². The molecule has 0 aromatic heterocycles. The number of primary amides is 1. The predicted molar refractivity (Wildman–Crippen MR) is 273 cm³/mol. The summed E-state index contributed by atoms with van der Waals surface area (Å²) in [5, 5.41) is 12.8. The van der Waals surface area contributed by atoms with Gasteiger partial charge in [0.05, 0.1) is 17.2 Å². The number of thioether (sulfide) groups is 1. The molecule has 0 spiro atoms. The minimum absolute atomic E-state index is 0.00313. The molecule has 19 heteroatoms. The van der Waals surface area contributed by atoms with Crippen molar-refractivity contribution < 1.29 is 44.7 Å². The first-order valence-electron chi connectivity index (χ1n) is 24.9. The lowest BCUT2D eigenvalue weighted by Crippen LogP contribution is -2.61. The van der Waals surface area contributed by atoms with Crippen LogP contribution in [0.15, 0.2) is 98.6 Å². The number of piperazine rings is 1. The third-order valence-corrected chi connectivity index (χ3v) is 18.9. The molecule has 4 fully saturated rings. The van der Waals surface area contributed by atoms with E-state index in [-0.39, 0.29) is 18.1 Å². The third-order valence-electron chi connectivity index (χ3n) is 14.9. The van der Waals surface area contributed by atoms with Gasteiger partial charge in [-0.1, -0.05) is 63.0 Å². The molecule has 5 aliphatic rings. The fraction of sp³-hybridized carbons (Fsp3) is 0.577. The molecule has 0 radical (unpaired) electrons. The Hall–Kier alpha value is -4.14. The molecule has 3 aromatic rings. The van der Waals surface area contributed by atoms with Crippen LogP contribution in [0.3, 0.4) is 0 Å². The van der Waals surface area contributed by atoms with E-state index in [9.17, 15) is 44.7 Å². The van der Waals surface area contributed by atoms with E-state index in [0.717, 1.165) is 81.1 Å². The zero-order valence-corrected chi connectivity index (χ0v) is 43.7. The van der Waals surface area contributed by atoms with E-state index in [1.165, 1.54) is 56.0 Å². The number of aliphatic hydroxyl groups is 1. The Balaban J connectivity index is 1.00. The summed E-state index contributed by atoms with van der Waals surface area (Å²) in [4.78, 5) is 30.0. The van der Waals surface area contributed by atoms with Gasteiger partial charge < -0.3 is 26.0 Å². The summed E-state index contributed by atoms with van der Waals surface area (Å²) in [6, 6.07) is 17.5. The molecule has 1 atom stereocenters. The second-order valence-corrected chi connectivity index (χ2v) is 26.0. The average Bonchev–Trinajstić information content (AvgIpc) is 3.30. The molecule has 3 saturated carbocycles. The monoisotopic (exact) mass is 1040 g/mol. The van der Waals surface area contributed by atoms with Gasteiger partial charge in [0.15, 0.2) is 0 Å². The van der Waals surface area contributed by atoms with E-state index >= 15 is 0 Å². The van der Waals surface area contributed by atoms with Gasteiger partial charge in [0.2, 0.25) is 5.91 Å². The van der Waals surface area contributed by atoms with E-state index in [4.69, 9.17) is 5.73 Å². The van der Waals surface area contributed by atoms with Crippen LogP contribution in [-0.4, -0.2) is 120 Å². The molecule has 8 rings (SSSR count). The molecule has 5 N–H and O–H groups in total. The Morgan fingerprint density at radius 1 is 0.873 bits per heavy atom. The van der Waals surface area contributed by atoms with E-state index in [1.54, 1.807) is 23.3 Å². The van der Waals surface area contributed by atoms with Crippen molar-refractivity contribution >= 4 is 54.8 Å². The van der Waals surface area contributed by atoms with Crippen molar-refractivity contribution in [1.29, 1.82) is 0 Å². The number of amides is 2. The van der Waals surface area contributed by atoms with Crippen molar-refractivity contribution in [2.24, 2.45) is 22.0 Å². The van der Waals surface area contributed by atoms with Crippen LogP contribution in [0.5, 0.6) is 0 Å². The van der Waals surface area contributed by atoms with Crippen LogP contribution in [0.25, 0.3) is 0 Å². The number of hydrogen-bond acceptors (Lipinski definition) is 12. The number of benzene rings is 3. The molecular weight excluding hydrogens is 974 g/mol. The number of alkyl halides is 3. The molecule has 2 bridgehead atoms. The molecule has 1 heterocycles. The highest BCUT2D eigenvalue weighted by atomic mass is 32.2. The Labute approximate surface area is 422 Å². The molecule has 3 aromatic carbocycles. The number of carbonyl (C=O) groups is 2. The first-order valence-corrected chi connectivity index (χ1v) is 28.8. The summed E-state index contributed by atoms with van der Waals surface area (Å²) in [6.07, 6.45) is 11.2. The number of hydrogen-bond donors (Lipinski definition) is 4. The van der Waals surface area contributed by atoms with Gasteiger partial charge in [-0.2, -0.15) is 13.2 Å². The maximum atomic E-state index is 14.3. The van der Waals surface area contributed by atoms with Gasteiger partial charge >= 0.3 is 5.51 Å². The fourth-order valence-electron chi connectivity index (χ4n) is 11.3. The first kappa shape index (κ1) is 54.6. The summed E-state index contributed by atoms with van der Waals surface area (Å²) in [5.41, 5.74) is 4.57. The zero-order valence-electron chi connectivity index (χ0n) is 41.2. The maximum Gasteiger partial charge on any atom is 0.501 e. The largest absolute Gasteiger partial charge is 0.501 e. The van der Waals surface area contributed by atoms with Gasteiger partial charge in [-0.15, -0.1) is 11.8 Å². The molecule has 13 nitrogen and oxygen atoms in total. The Morgan fingerprint density at radius 3 is 2.18 bits per heavy atom. The van der Waals surface area contributed by atoms with Crippen LogP contribution < -0.4 is 20.7 Å². The van der Waals surface area contributed by atoms with Crippen LogP contribution in [0.2, 0.25) is 0 Å². The van der Waals surface area contributed by atoms with Gasteiger partial charge in [0.25, 0.3) is 25.8 Å². The molecule has 1 saturated heterocycles.